The van der Waals surface area contributed by atoms with Crippen LogP contribution in [-0.2, 0) is 9.53 Å². The highest BCUT2D eigenvalue weighted by Crippen LogP contribution is 2.13. The van der Waals surface area contributed by atoms with Crippen LogP contribution in [0.3, 0.4) is 0 Å². The summed E-state index contributed by atoms with van der Waals surface area (Å²) in [7, 11) is 0. The lowest BCUT2D eigenvalue weighted by Gasteiger charge is -2.35. The van der Waals surface area contributed by atoms with E-state index in [1.165, 1.54) is 0 Å². The Labute approximate surface area is 162 Å². The number of carbonyl (C=O) groups is 2. The fourth-order valence-corrected chi connectivity index (χ4v) is 3.31. The Morgan fingerprint density at radius 2 is 1.81 bits per heavy atom. The van der Waals surface area contributed by atoms with Crippen molar-refractivity contribution in [2.75, 3.05) is 39.4 Å². The average molecular weight is 376 g/mol. The molecule has 1 fully saturated rings. The fourth-order valence-electron chi connectivity index (χ4n) is 3.31. The third kappa shape index (κ3) is 8.10. The summed E-state index contributed by atoms with van der Waals surface area (Å²) in [6.07, 6.45) is 2.12. The second-order valence-electron chi connectivity index (χ2n) is 7.46. The van der Waals surface area contributed by atoms with E-state index in [1.54, 1.807) is 12.1 Å². The van der Waals surface area contributed by atoms with Crippen LogP contribution in [-0.4, -0.2) is 62.1 Å². The number of benzene rings is 1. The van der Waals surface area contributed by atoms with Gasteiger partial charge in [-0.1, -0.05) is 32.0 Å². The second kappa shape index (κ2) is 11.7. The van der Waals surface area contributed by atoms with E-state index in [-0.39, 0.29) is 11.8 Å². The molecule has 0 bridgehead atoms. The van der Waals surface area contributed by atoms with E-state index in [4.69, 9.17) is 4.74 Å². The van der Waals surface area contributed by atoms with Crippen molar-refractivity contribution in [1.82, 2.24) is 15.5 Å². The first kappa shape index (κ1) is 21.4. The van der Waals surface area contributed by atoms with E-state index in [9.17, 15) is 9.59 Å². The molecule has 0 aromatic heterocycles. The lowest BCUT2D eigenvalue weighted by atomic mass is 10.0. The molecule has 1 aliphatic rings. The highest BCUT2D eigenvalue weighted by atomic mass is 16.5. The maximum atomic E-state index is 12.2. The van der Waals surface area contributed by atoms with Gasteiger partial charge in [-0.2, -0.15) is 0 Å². The summed E-state index contributed by atoms with van der Waals surface area (Å²) < 4.78 is 5.43. The Morgan fingerprint density at radius 3 is 2.48 bits per heavy atom. The van der Waals surface area contributed by atoms with Crippen LogP contribution in [0.1, 0.15) is 43.5 Å². The number of hydrogen-bond acceptors (Lipinski definition) is 4. The van der Waals surface area contributed by atoms with Gasteiger partial charge in [0.2, 0.25) is 5.91 Å². The molecular weight excluding hydrogens is 342 g/mol. The summed E-state index contributed by atoms with van der Waals surface area (Å²) in [6.45, 7) is 8.99. The normalized spacial score (nSPS) is 16.1. The lowest BCUT2D eigenvalue weighted by molar-refractivity contribution is -0.121. The predicted octanol–water partition coefficient (Wildman–Crippen LogP) is 2.06. The zero-order valence-electron chi connectivity index (χ0n) is 16.6. The number of hydrogen-bond donors (Lipinski definition) is 2. The van der Waals surface area contributed by atoms with Crippen LogP contribution in [0, 0.1) is 5.92 Å². The number of amides is 2. The van der Waals surface area contributed by atoms with Gasteiger partial charge in [-0.25, -0.2) is 0 Å². The van der Waals surface area contributed by atoms with Gasteiger partial charge in [0.1, 0.15) is 0 Å². The van der Waals surface area contributed by atoms with Crippen LogP contribution in [0.25, 0.3) is 0 Å². The smallest absolute Gasteiger partial charge is 0.251 e. The topological polar surface area (TPSA) is 70.7 Å². The molecule has 2 amide bonds. The fraction of sp³-hybridized carbons (Fsp3) is 0.619. The summed E-state index contributed by atoms with van der Waals surface area (Å²) in [5.41, 5.74) is 0.643. The van der Waals surface area contributed by atoms with Crippen molar-refractivity contribution in [2.24, 2.45) is 5.92 Å². The Bertz CT molecular complexity index is 571. The third-order valence-corrected chi connectivity index (χ3v) is 4.74. The molecule has 1 aromatic rings. The minimum Gasteiger partial charge on any atom is -0.379 e. The number of carbonyl (C=O) groups excluding carboxylic acids is 2. The summed E-state index contributed by atoms with van der Waals surface area (Å²) in [4.78, 5) is 26.5. The van der Waals surface area contributed by atoms with E-state index < -0.39 is 0 Å². The van der Waals surface area contributed by atoms with E-state index in [0.717, 1.165) is 32.7 Å². The summed E-state index contributed by atoms with van der Waals surface area (Å²) in [5, 5.41) is 5.93. The first-order chi connectivity index (χ1) is 13.1. The molecule has 150 valence electrons. The van der Waals surface area contributed by atoms with Crippen LogP contribution in [0.15, 0.2) is 30.3 Å². The molecule has 1 saturated heterocycles. The van der Waals surface area contributed by atoms with Gasteiger partial charge in [-0.05, 0) is 30.9 Å². The maximum absolute atomic E-state index is 12.2. The zero-order valence-corrected chi connectivity index (χ0v) is 16.6. The van der Waals surface area contributed by atoms with Gasteiger partial charge >= 0.3 is 0 Å². The summed E-state index contributed by atoms with van der Waals surface area (Å²) >= 11 is 0. The molecular formula is C21H33N3O3. The van der Waals surface area contributed by atoms with E-state index >= 15 is 0 Å². The minimum atomic E-state index is -0.0969. The molecule has 1 unspecified atom stereocenters. The monoisotopic (exact) mass is 375 g/mol. The van der Waals surface area contributed by atoms with Crippen molar-refractivity contribution in [3.63, 3.8) is 0 Å². The largest absolute Gasteiger partial charge is 0.379 e. The van der Waals surface area contributed by atoms with Crippen LogP contribution >= 0.6 is 0 Å². The van der Waals surface area contributed by atoms with Crippen molar-refractivity contribution in [1.29, 1.82) is 0 Å². The van der Waals surface area contributed by atoms with Gasteiger partial charge in [-0.15, -0.1) is 0 Å². The van der Waals surface area contributed by atoms with Crippen molar-refractivity contribution >= 4 is 11.8 Å². The first-order valence-corrected chi connectivity index (χ1v) is 9.98. The van der Waals surface area contributed by atoms with Crippen LogP contribution in [0.2, 0.25) is 0 Å². The summed E-state index contributed by atoms with van der Waals surface area (Å²) in [5.74, 6) is 0.536. The lowest BCUT2D eigenvalue weighted by Crippen LogP contribution is -2.49. The first-order valence-electron chi connectivity index (χ1n) is 9.98. The van der Waals surface area contributed by atoms with Crippen molar-refractivity contribution < 1.29 is 14.3 Å². The van der Waals surface area contributed by atoms with Gasteiger partial charge < -0.3 is 15.4 Å². The molecule has 2 N–H and O–H groups in total. The SMILES string of the molecule is CC(C)CC(CNC(=O)CCCNC(=O)c1ccccc1)N1CCOCC1. The predicted molar refractivity (Wildman–Crippen MR) is 107 cm³/mol. The molecule has 6 nitrogen and oxygen atoms in total. The van der Waals surface area contributed by atoms with E-state index in [1.807, 2.05) is 18.2 Å². The zero-order chi connectivity index (χ0) is 19.5. The van der Waals surface area contributed by atoms with E-state index in [2.05, 4.69) is 29.4 Å². The molecule has 0 aliphatic carbocycles. The Hall–Kier alpha value is -1.92. The maximum Gasteiger partial charge on any atom is 0.251 e. The average Bonchev–Trinajstić information content (AvgIpc) is 2.69. The Balaban J connectivity index is 1.65. The molecule has 1 aliphatic heterocycles. The van der Waals surface area contributed by atoms with Gasteiger partial charge in [0.15, 0.2) is 0 Å². The minimum absolute atomic E-state index is 0.0472. The highest BCUT2D eigenvalue weighted by Gasteiger charge is 2.22. The molecule has 0 radical (unpaired) electrons. The van der Waals surface area contributed by atoms with Crippen molar-refractivity contribution in [3.8, 4) is 0 Å². The Morgan fingerprint density at radius 1 is 1.11 bits per heavy atom. The summed E-state index contributed by atoms with van der Waals surface area (Å²) in [6, 6.07) is 9.47. The molecule has 1 atom stereocenters. The standard InChI is InChI=1S/C21H33N3O3/c1-17(2)15-19(24-11-13-27-14-12-24)16-23-20(25)9-6-10-22-21(26)18-7-4-3-5-8-18/h3-5,7-8,17,19H,6,9-16H2,1-2H3,(H,22,26)(H,23,25). The number of rotatable bonds is 10. The number of ether oxygens (including phenoxy) is 1. The van der Waals surface area contributed by atoms with Gasteiger partial charge in [-0.3, -0.25) is 14.5 Å². The van der Waals surface area contributed by atoms with Crippen molar-refractivity contribution in [3.05, 3.63) is 35.9 Å². The Kier molecular flexibility index (Phi) is 9.28. The highest BCUT2D eigenvalue weighted by molar-refractivity contribution is 5.94. The number of nitrogens with one attached hydrogen (secondary N) is 2. The molecule has 1 heterocycles. The van der Waals surface area contributed by atoms with Gasteiger partial charge in [0.05, 0.1) is 13.2 Å². The second-order valence-corrected chi connectivity index (χ2v) is 7.46. The molecule has 0 spiro atoms. The van der Waals surface area contributed by atoms with Crippen LogP contribution in [0.5, 0.6) is 0 Å². The molecule has 1 aromatic carbocycles. The molecule has 0 saturated carbocycles. The van der Waals surface area contributed by atoms with Crippen molar-refractivity contribution in [2.45, 2.75) is 39.2 Å². The molecule has 2 rings (SSSR count). The molecule has 6 heteroatoms. The van der Waals surface area contributed by atoms with E-state index in [0.29, 0.717) is 43.5 Å². The van der Waals surface area contributed by atoms with Gasteiger partial charge in [0, 0.05) is 44.2 Å². The van der Waals surface area contributed by atoms with Gasteiger partial charge in [0.25, 0.3) is 5.91 Å². The quantitative estimate of drug-likeness (QED) is 0.614. The third-order valence-electron chi connectivity index (χ3n) is 4.74. The molecule has 27 heavy (non-hydrogen) atoms. The van der Waals surface area contributed by atoms with Crippen LogP contribution in [0.4, 0.5) is 0 Å². The number of morpholine rings is 1. The van der Waals surface area contributed by atoms with Crippen LogP contribution < -0.4 is 10.6 Å². The number of nitrogens with zero attached hydrogens (tertiary/aromatic N) is 1.